The number of hydrogen-bond acceptors (Lipinski definition) is 6. The minimum absolute atomic E-state index is 0.0396. The van der Waals surface area contributed by atoms with Crippen molar-refractivity contribution in [1.29, 1.82) is 0 Å². The summed E-state index contributed by atoms with van der Waals surface area (Å²) in [5.74, 6) is -1.26. The molecule has 5 rings (SSSR count). The fourth-order valence-corrected chi connectivity index (χ4v) is 4.69. The van der Waals surface area contributed by atoms with Crippen LogP contribution < -0.4 is 5.32 Å². The lowest BCUT2D eigenvalue weighted by atomic mass is 9.77. The van der Waals surface area contributed by atoms with Crippen LogP contribution in [0.25, 0.3) is 0 Å². The topological polar surface area (TPSA) is 98.6 Å². The first-order chi connectivity index (χ1) is 14.6. The highest BCUT2D eigenvalue weighted by Crippen LogP contribution is 2.52. The number of ether oxygens (including phenoxy) is 2. The second kappa shape index (κ2) is 7.33. The van der Waals surface area contributed by atoms with Gasteiger partial charge < -0.3 is 19.7 Å². The van der Waals surface area contributed by atoms with Crippen molar-refractivity contribution in [1.82, 2.24) is 19.7 Å². The molecule has 9 heteroatoms. The summed E-state index contributed by atoms with van der Waals surface area (Å²) in [6, 6.07) is 7.57. The molecule has 4 heterocycles. The van der Waals surface area contributed by atoms with Crippen LogP contribution in [0.4, 0.5) is 5.69 Å². The Morgan fingerprint density at radius 2 is 2.20 bits per heavy atom. The van der Waals surface area contributed by atoms with Gasteiger partial charge >= 0.3 is 0 Å². The van der Waals surface area contributed by atoms with Gasteiger partial charge in [0.25, 0.3) is 0 Å². The third-order valence-corrected chi connectivity index (χ3v) is 6.08. The van der Waals surface area contributed by atoms with Gasteiger partial charge in [0.1, 0.15) is 18.3 Å². The summed E-state index contributed by atoms with van der Waals surface area (Å²) in [5, 5.41) is 7.05. The lowest BCUT2D eigenvalue weighted by molar-refractivity contribution is -0.136. The summed E-state index contributed by atoms with van der Waals surface area (Å²) in [4.78, 5) is 31.8. The van der Waals surface area contributed by atoms with Crippen LogP contribution in [0.1, 0.15) is 5.56 Å². The number of benzene rings is 1. The van der Waals surface area contributed by atoms with Gasteiger partial charge in [-0.25, -0.2) is 9.67 Å². The fraction of sp³-hybridized carbons (Fsp3) is 0.429. The molecule has 1 aromatic carbocycles. The Kier molecular flexibility index (Phi) is 4.63. The summed E-state index contributed by atoms with van der Waals surface area (Å²) in [6.45, 7) is 2.03. The Balaban J connectivity index is 1.28. The molecule has 0 aliphatic carbocycles. The lowest BCUT2D eigenvalue weighted by Crippen LogP contribution is -2.41. The van der Waals surface area contributed by atoms with Crippen molar-refractivity contribution in [3.63, 3.8) is 0 Å². The van der Waals surface area contributed by atoms with Crippen LogP contribution in [-0.2, 0) is 25.6 Å². The number of hydrogen-bond donors (Lipinski definition) is 1. The average molecular weight is 409 g/mol. The standard InChI is InChI=1S/C21H23N5O4/c1-29-9-8-25-11-21-7-6-16(30-21)17(18(21)20(25)28)19(27)24-15-4-2-14(3-5-15)10-26-13-22-12-23-26/h2-7,12-13,16-18H,8-11H2,1H3,(H,24,27)/t16-,17-,18+,21-/m1/s1. The van der Waals surface area contributed by atoms with Crippen LogP contribution in [0.2, 0.25) is 0 Å². The first kappa shape index (κ1) is 19.0. The summed E-state index contributed by atoms with van der Waals surface area (Å²) >= 11 is 0. The van der Waals surface area contributed by atoms with Gasteiger partial charge in [0.2, 0.25) is 11.8 Å². The SMILES string of the molecule is COCCN1C[C@@]23C=C[C@@H](O2)[C@@H](C(=O)Nc2ccc(Cn4cncn4)cc2)[C@H]3C1=O. The van der Waals surface area contributed by atoms with E-state index in [4.69, 9.17) is 9.47 Å². The fourth-order valence-electron chi connectivity index (χ4n) is 4.69. The first-order valence-corrected chi connectivity index (χ1v) is 9.97. The molecular formula is C21H23N5O4. The van der Waals surface area contributed by atoms with Gasteiger partial charge in [-0.05, 0) is 17.7 Å². The van der Waals surface area contributed by atoms with E-state index >= 15 is 0 Å². The van der Waals surface area contributed by atoms with Gasteiger partial charge in [0.15, 0.2) is 0 Å². The van der Waals surface area contributed by atoms with E-state index in [9.17, 15) is 9.59 Å². The second-order valence-electron chi connectivity index (χ2n) is 7.93. The number of nitrogens with zero attached hydrogens (tertiary/aromatic N) is 4. The molecule has 0 unspecified atom stereocenters. The van der Waals surface area contributed by atoms with Crippen molar-refractivity contribution in [3.05, 3.63) is 54.6 Å². The molecule has 1 N–H and O–H groups in total. The molecule has 2 bridgehead atoms. The molecule has 2 saturated heterocycles. The highest BCUT2D eigenvalue weighted by molar-refractivity contribution is 5.99. The lowest BCUT2D eigenvalue weighted by Gasteiger charge is -2.23. The molecular weight excluding hydrogens is 386 g/mol. The van der Waals surface area contributed by atoms with E-state index in [1.54, 1.807) is 23.0 Å². The van der Waals surface area contributed by atoms with Crippen molar-refractivity contribution in [2.45, 2.75) is 18.2 Å². The van der Waals surface area contributed by atoms with Crippen LogP contribution in [0.5, 0.6) is 0 Å². The van der Waals surface area contributed by atoms with Crippen molar-refractivity contribution >= 4 is 17.5 Å². The van der Waals surface area contributed by atoms with E-state index in [0.29, 0.717) is 31.9 Å². The van der Waals surface area contributed by atoms with E-state index in [0.717, 1.165) is 5.56 Å². The maximum atomic E-state index is 13.1. The van der Waals surface area contributed by atoms with Crippen molar-refractivity contribution < 1.29 is 19.1 Å². The Hall–Kier alpha value is -3.04. The zero-order valence-corrected chi connectivity index (χ0v) is 16.6. The largest absolute Gasteiger partial charge is 0.383 e. The predicted molar refractivity (Wildman–Crippen MR) is 106 cm³/mol. The number of carbonyl (C=O) groups is 2. The molecule has 1 aromatic heterocycles. The quantitative estimate of drug-likeness (QED) is 0.676. The number of carbonyl (C=O) groups excluding carboxylic acids is 2. The molecule has 4 atom stereocenters. The molecule has 0 saturated carbocycles. The van der Waals surface area contributed by atoms with E-state index in [2.05, 4.69) is 15.4 Å². The zero-order valence-electron chi connectivity index (χ0n) is 16.6. The highest BCUT2D eigenvalue weighted by atomic mass is 16.5. The molecule has 0 radical (unpaired) electrons. The van der Waals surface area contributed by atoms with E-state index < -0.39 is 17.4 Å². The summed E-state index contributed by atoms with van der Waals surface area (Å²) in [7, 11) is 1.61. The number of fused-ring (bicyclic) bond motifs is 1. The summed E-state index contributed by atoms with van der Waals surface area (Å²) in [6.07, 6.45) is 6.65. The van der Waals surface area contributed by atoms with Gasteiger partial charge in [-0.3, -0.25) is 9.59 Å². The van der Waals surface area contributed by atoms with Crippen LogP contribution in [0.15, 0.2) is 49.1 Å². The summed E-state index contributed by atoms with van der Waals surface area (Å²) < 4.78 is 13.0. The van der Waals surface area contributed by atoms with E-state index in [-0.39, 0.29) is 17.9 Å². The number of anilines is 1. The normalized spacial score (nSPS) is 28.9. The van der Waals surface area contributed by atoms with Crippen molar-refractivity contribution in [3.8, 4) is 0 Å². The number of methoxy groups -OCH3 is 1. The number of aromatic nitrogens is 3. The molecule has 2 amide bonds. The monoisotopic (exact) mass is 409 g/mol. The van der Waals surface area contributed by atoms with Crippen molar-refractivity contribution in [2.75, 3.05) is 32.1 Å². The van der Waals surface area contributed by atoms with Crippen molar-refractivity contribution in [2.24, 2.45) is 11.8 Å². The first-order valence-electron chi connectivity index (χ1n) is 9.97. The maximum Gasteiger partial charge on any atom is 0.231 e. The average Bonchev–Trinajstić information content (AvgIpc) is 3.51. The molecule has 2 aromatic rings. The molecule has 3 aliphatic rings. The number of amides is 2. The molecule has 9 nitrogen and oxygen atoms in total. The van der Waals surface area contributed by atoms with Gasteiger partial charge in [-0.1, -0.05) is 24.3 Å². The Labute approximate surface area is 173 Å². The van der Waals surface area contributed by atoms with E-state index in [1.165, 1.54) is 6.33 Å². The summed E-state index contributed by atoms with van der Waals surface area (Å²) in [5.41, 5.74) is 1.03. The maximum absolute atomic E-state index is 13.1. The minimum Gasteiger partial charge on any atom is -0.383 e. The highest BCUT2D eigenvalue weighted by Gasteiger charge is 2.66. The van der Waals surface area contributed by atoms with Gasteiger partial charge in [-0.15, -0.1) is 0 Å². The molecule has 1 spiro atoms. The van der Waals surface area contributed by atoms with Crippen LogP contribution >= 0.6 is 0 Å². The number of rotatable bonds is 7. The van der Waals surface area contributed by atoms with Crippen LogP contribution in [-0.4, -0.2) is 70.0 Å². The molecule has 156 valence electrons. The Morgan fingerprint density at radius 3 is 2.93 bits per heavy atom. The number of likely N-dealkylation sites (tertiary alicyclic amines) is 1. The molecule has 30 heavy (non-hydrogen) atoms. The predicted octanol–water partition coefficient (Wildman–Crippen LogP) is 0.693. The van der Waals surface area contributed by atoms with Gasteiger partial charge in [-0.2, -0.15) is 5.10 Å². The smallest absolute Gasteiger partial charge is 0.231 e. The Bertz CT molecular complexity index is 974. The van der Waals surface area contributed by atoms with Gasteiger partial charge in [0.05, 0.1) is 37.6 Å². The zero-order chi connectivity index (χ0) is 20.7. The van der Waals surface area contributed by atoms with E-state index in [1.807, 2.05) is 36.4 Å². The third-order valence-electron chi connectivity index (χ3n) is 6.08. The number of nitrogens with one attached hydrogen (secondary N) is 1. The molecule has 2 fully saturated rings. The van der Waals surface area contributed by atoms with Gasteiger partial charge in [0, 0.05) is 19.3 Å². The van der Waals surface area contributed by atoms with Crippen LogP contribution in [0, 0.1) is 11.8 Å². The molecule has 3 aliphatic heterocycles. The Morgan fingerprint density at radius 1 is 1.37 bits per heavy atom. The van der Waals surface area contributed by atoms with Crippen LogP contribution in [0.3, 0.4) is 0 Å². The third kappa shape index (κ3) is 3.10. The second-order valence-corrected chi connectivity index (χ2v) is 7.93. The minimum atomic E-state index is -0.695.